The van der Waals surface area contributed by atoms with E-state index in [1.54, 1.807) is 0 Å². The van der Waals surface area contributed by atoms with Gasteiger partial charge in [-0.2, -0.15) is 0 Å². The van der Waals surface area contributed by atoms with Crippen LogP contribution in [0.15, 0.2) is 0 Å². The van der Waals surface area contributed by atoms with Crippen molar-refractivity contribution < 1.29 is 4.79 Å². The molecular weight excluding hydrogens is 136 g/mol. The van der Waals surface area contributed by atoms with Crippen LogP contribution >= 0.6 is 0 Å². The lowest BCUT2D eigenvalue weighted by atomic mass is 9.72. The number of Topliss-reactive ketones (excluding diaryl/α,β-unsaturated/α-hetero) is 1. The smallest absolute Gasteiger partial charge is 0.139 e. The minimum absolute atomic E-state index is 0.0944. The molecule has 1 nitrogen and oxygen atoms in total. The molecule has 0 aromatic rings. The first-order valence-corrected chi connectivity index (χ1v) is 4.65. The molecule has 0 aromatic heterocycles. The Labute approximate surface area is 68.2 Å². The van der Waals surface area contributed by atoms with Gasteiger partial charge in [0, 0.05) is 11.8 Å². The highest BCUT2D eigenvalue weighted by molar-refractivity contribution is 5.86. The molecule has 0 saturated heterocycles. The fourth-order valence-corrected chi connectivity index (χ4v) is 2.73. The standard InChI is InChI=1S/C10H16O/c1-7-5-9(11)10(2)4-3-8(7)6-10/h7-8H,3-6H2,1-2H3. The molecule has 2 rings (SSSR count). The van der Waals surface area contributed by atoms with Crippen LogP contribution in [0.2, 0.25) is 0 Å². The van der Waals surface area contributed by atoms with E-state index in [0.717, 1.165) is 18.8 Å². The molecule has 0 aromatic carbocycles. The Morgan fingerprint density at radius 3 is 3.00 bits per heavy atom. The molecule has 2 bridgehead atoms. The van der Waals surface area contributed by atoms with Crippen molar-refractivity contribution in [1.29, 1.82) is 0 Å². The van der Waals surface area contributed by atoms with Gasteiger partial charge in [0.25, 0.3) is 0 Å². The number of rotatable bonds is 0. The Morgan fingerprint density at radius 2 is 2.27 bits per heavy atom. The van der Waals surface area contributed by atoms with E-state index in [0.29, 0.717) is 11.7 Å². The third kappa shape index (κ3) is 0.935. The van der Waals surface area contributed by atoms with E-state index >= 15 is 0 Å². The molecule has 3 unspecified atom stereocenters. The van der Waals surface area contributed by atoms with Crippen molar-refractivity contribution in [1.82, 2.24) is 0 Å². The van der Waals surface area contributed by atoms with Crippen molar-refractivity contribution in [3.8, 4) is 0 Å². The van der Waals surface area contributed by atoms with Gasteiger partial charge in [0.2, 0.25) is 0 Å². The topological polar surface area (TPSA) is 17.1 Å². The lowest BCUT2D eigenvalue weighted by Crippen LogP contribution is -2.32. The maximum Gasteiger partial charge on any atom is 0.139 e. The lowest BCUT2D eigenvalue weighted by molar-refractivity contribution is -0.130. The Morgan fingerprint density at radius 1 is 1.55 bits per heavy atom. The van der Waals surface area contributed by atoms with Crippen LogP contribution in [0.1, 0.15) is 39.5 Å². The highest BCUT2D eigenvalue weighted by atomic mass is 16.1. The van der Waals surface area contributed by atoms with Crippen molar-refractivity contribution in [3.63, 3.8) is 0 Å². The van der Waals surface area contributed by atoms with Gasteiger partial charge in [0.05, 0.1) is 0 Å². The van der Waals surface area contributed by atoms with Crippen LogP contribution in [0.25, 0.3) is 0 Å². The van der Waals surface area contributed by atoms with Crippen LogP contribution in [0, 0.1) is 17.3 Å². The first-order chi connectivity index (χ1) is 5.12. The summed E-state index contributed by atoms with van der Waals surface area (Å²) in [5.41, 5.74) is 0.0944. The maximum atomic E-state index is 11.6. The Bertz CT molecular complexity index is 197. The number of carbonyl (C=O) groups is 1. The largest absolute Gasteiger partial charge is 0.299 e. The quantitative estimate of drug-likeness (QED) is 0.521. The predicted molar refractivity (Wildman–Crippen MR) is 44.2 cm³/mol. The molecule has 3 atom stereocenters. The van der Waals surface area contributed by atoms with Crippen LogP contribution in [-0.4, -0.2) is 5.78 Å². The molecule has 11 heavy (non-hydrogen) atoms. The number of fused-ring (bicyclic) bond motifs is 2. The van der Waals surface area contributed by atoms with Crippen LogP contribution < -0.4 is 0 Å². The molecule has 0 aliphatic heterocycles. The zero-order valence-electron chi connectivity index (χ0n) is 7.39. The van der Waals surface area contributed by atoms with E-state index in [9.17, 15) is 4.79 Å². The van der Waals surface area contributed by atoms with E-state index < -0.39 is 0 Å². The molecule has 0 radical (unpaired) electrons. The van der Waals surface area contributed by atoms with Gasteiger partial charge in [-0.05, 0) is 31.1 Å². The summed E-state index contributed by atoms with van der Waals surface area (Å²) in [6.07, 6.45) is 4.47. The molecule has 0 N–H and O–H groups in total. The van der Waals surface area contributed by atoms with E-state index in [1.165, 1.54) is 12.8 Å². The van der Waals surface area contributed by atoms with Gasteiger partial charge in [0.15, 0.2) is 0 Å². The van der Waals surface area contributed by atoms with E-state index in [1.807, 2.05) is 0 Å². The van der Waals surface area contributed by atoms with E-state index in [4.69, 9.17) is 0 Å². The zero-order chi connectivity index (χ0) is 8.06. The van der Waals surface area contributed by atoms with Gasteiger partial charge in [-0.1, -0.05) is 13.8 Å². The second-order valence-electron chi connectivity index (χ2n) is 4.67. The zero-order valence-corrected chi connectivity index (χ0v) is 7.39. The molecule has 2 fully saturated rings. The van der Waals surface area contributed by atoms with Crippen LogP contribution in [-0.2, 0) is 4.79 Å². The van der Waals surface area contributed by atoms with Gasteiger partial charge < -0.3 is 0 Å². The second-order valence-corrected chi connectivity index (χ2v) is 4.67. The molecule has 1 heteroatoms. The van der Waals surface area contributed by atoms with Crippen molar-refractivity contribution >= 4 is 5.78 Å². The molecule has 2 saturated carbocycles. The summed E-state index contributed by atoms with van der Waals surface area (Å²) in [6, 6.07) is 0. The lowest BCUT2D eigenvalue weighted by Gasteiger charge is -2.31. The summed E-state index contributed by atoms with van der Waals surface area (Å²) in [6.45, 7) is 4.38. The average molecular weight is 152 g/mol. The first-order valence-electron chi connectivity index (χ1n) is 4.65. The van der Waals surface area contributed by atoms with E-state index in [-0.39, 0.29) is 5.41 Å². The summed E-state index contributed by atoms with van der Waals surface area (Å²) in [4.78, 5) is 11.6. The number of carbonyl (C=O) groups excluding carboxylic acids is 1. The number of hydrogen-bond acceptors (Lipinski definition) is 1. The van der Waals surface area contributed by atoms with Crippen LogP contribution in [0.4, 0.5) is 0 Å². The summed E-state index contributed by atoms with van der Waals surface area (Å²) < 4.78 is 0. The summed E-state index contributed by atoms with van der Waals surface area (Å²) in [7, 11) is 0. The van der Waals surface area contributed by atoms with E-state index in [2.05, 4.69) is 13.8 Å². The minimum Gasteiger partial charge on any atom is -0.299 e. The summed E-state index contributed by atoms with van der Waals surface area (Å²) >= 11 is 0. The van der Waals surface area contributed by atoms with Gasteiger partial charge in [-0.25, -0.2) is 0 Å². The second kappa shape index (κ2) is 2.09. The van der Waals surface area contributed by atoms with Crippen molar-refractivity contribution in [2.75, 3.05) is 0 Å². The van der Waals surface area contributed by atoms with Gasteiger partial charge in [0.1, 0.15) is 5.78 Å². The molecule has 0 heterocycles. The third-order valence-corrected chi connectivity index (χ3v) is 3.76. The van der Waals surface area contributed by atoms with Gasteiger partial charge >= 0.3 is 0 Å². The van der Waals surface area contributed by atoms with Gasteiger partial charge in [-0.3, -0.25) is 4.79 Å². The van der Waals surface area contributed by atoms with Gasteiger partial charge in [-0.15, -0.1) is 0 Å². The third-order valence-electron chi connectivity index (χ3n) is 3.76. The predicted octanol–water partition coefficient (Wildman–Crippen LogP) is 2.40. The number of ketones is 1. The van der Waals surface area contributed by atoms with Crippen LogP contribution in [0.5, 0.6) is 0 Å². The Hall–Kier alpha value is -0.330. The molecule has 0 spiro atoms. The highest BCUT2D eigenvalue weighted by Gasteiger charge is 2.47. The number of hydrogen-bond donors (Lipinski definition) is 0. The average Bonchev–Trinajstić information content (AvgIpc) is 2.28. The summed E-state index contributed by atoms with van der Waals surface area (Å²) in [5.74, 6) is 2.05. The Balaban J connectivity index is 2.25. The highest BCUT2D eigenvalue weighted by Crippen LogP contribution is 2.51. The fraction of sp³-hybridized carbons (Fsp3) is 0.900. The molecule has 62 valence electrons. The normalized spacial score (nSPS) is 49.8. The van der Waals surface area contributed by atoms with Crippen molar-refractivity contribution in [2.45, 2.75) is 39.5 Å². The minimum atomic E-state index is 0.0944. The molecule has 2 aliphatic rings. The van der Waals surface area contributed by atoms with Crippen molar-refractivity contribution in [2.24, 2.45) is 17.3 Å². The molecule has 0 amide bonds. The molecule has 2 aliphatic carbocycles. The molecular formula is C10H16O. The summed E-state index contributed by atoms with van der Waals surface area (Å²) in [5, 5.41) is 0. The maximum absolute atomic E-state index is 11.6. The fourth-order valence-electron chi connectivity index (χ4n) is 2.73. The van der Waals surface area contributed by atoms with Crippen LogP contribution in [0.3, 0.4) is 0 Å². The SMILES string of the molecule is CC1CC(=O)C2(C)CCC1C2. The van der Waals surface area contributed by atoms with Crippen molar-refractivity contribution in [3.05, 3.63) is 0 Å². The first kappa shape index (κ1) is 7.33. The Kier molecular flexibility index (Phi) is 1.39. The monoisotopic (exact) mass is 152 g/mol.